The Kier molecular flexibility index (Phi) is 5.14. The van der Waals surface area contributed by atoms with Gasteiger partial charge in [-0.15, -0.1) is 11.3 Å². The number of nitrogens with one attached hydrogen (secondary N) is 1. The predicted molar refractivity (Wildman–Crippen MR) is 79.8 cm³/mol. The average molecular weight is 321 g/mol. The molecule has 1 N–H and O–H groups in total. The molecule has 0 amide bonds. The van der Waals surface area contributed by atoms with Crippen molar-refractivity contribution in [1.29, 1.82) is 0 Å². The van der Waals surface area contributed by atoms with Crippen LogP contribution in [-0.4, -0.2) is 30.3 Å². The fourth-order valence-electron chi connectivity index (χ4n) is 2.41. The van der Waals surface area contributed by atoms with E-state index in [2.05, 4.69) is 24.1 Å². The Morgan fingerprint density at radius 1 is 1.33 bits per heavy atom. The number of hydrogen-bond acceptors (Lipinski definition) is 4. The zero-order valence-corrected chi connectivity index (χ0v) is 13.4. The molecule has 0 bridgehead atoms. The number of alkyl halides is 3. The number of nitrogens with zero attached hydrogens (tertiary/aromatic N) is 2. The molecule has 1 fully saturated rings. The second kappa shape index (κ2) is 6.52. The van der Waals surface area contributed by atoms with Gasteiger partial charge in [-0.3, -0.25) is 0 Å². The third-order valence-corrected chi connectivity index (χ3v) is 5.00. The third kappa shape index (κ3) is 4.32. The number of hydrogen-bond donors (Lipinski definition) is 1. The molecule has 0 radical (unpaired) electrons. The van der Waals surface area contributed by atoms with E-state index in [1.54, 1.807) is 11.3 Å². The van der Waals surface area contributed by atoms with E-state index in [9.17, 15) is 13.2 Å². The highest BCUT2D eigenvalue weighted by Gasteiger charge is 2.41. The maximum Gasteiger partial charge on any atom is 0.391 e. The smallest absolute Gasteiger partial charge is 0.348 e. The van der Waals surface area contributed by atoms with Crippen LogP contribution in [0.15, 0.2) is 0 Å². The zero-order chi connectivity index (χ0) is 15.6. The van der Waals surface area contributed by atoms with Gasteiger partial charge in [0.25, 0.3) is 0 Å². The van der Waals surface area contributed by atoms with Gasteiger partial charge in [0.15, 0.2) is 5.13 Å². The minimum absolute atomic E-state index is 0.168. The Hall–Kier alpha value is -0.820. The first kappa shape index (κ1) is 16.5. The van der Waals surface area contributed by atoms with Crippen molar-refractivity contribution in [2.75, 3.05) is 18.0 Å². The highest BCUT2D eigenvalue weighted by molar-refractivity contribution is 7.15. The number of anilines is 1. The van der Waals surface area contributed by atoms with Crippen LogP contribution in [0.2, 0.25) is 0 Å². The standard InChI is InChI=1S/C14H22F3N3S/c1-9(2)18-8-12-10(3)19-13(21-12)20-6-4-11(5-7-20)14(15,16)17/h9,11,18H,4-8H2,1-3H3. The summed E-state index contributed by atoms with van der Waals surface area (Å²) in [5.41, 5.74) is 0.973. The highest BCUT2D eigenvalue weighted by atomic mass is 32.1. The van der Waals surface area contributed by atoms with Crippen LogP contribution in [0, 0.1) is 12.8 Å². The number of piperidine rings is 1. The van der Waals surface area contributed by atoms with Crippen LogP contribution in [0.25, 0.3) is 0 Å². The normalized spacial score (nSPS) is 17.8. The molecular weight excluding hydrogens is 299 g/mol. The summed E-state index contributed by atoms with van der Waals surface area (Å²) in [7, 11) is 0. The molecule has 1 saturated heterocycles. The minimum Gasteiger partial charge on any atom is -0.348 e. The Labute approximate surface area is 127 Å². The molecule has 3 nitrogen and oxygen atoms in total. The van der Waals surface area contributed by atoms with Crippen LogP contribution in [-0.2, 0) is 6.54 Å². The largest absolute Gasteiger partial charge is 0.391 e. The van der Waals surface area contributed by atoms with E-state index in [-0.39, 0.29) is 12.8 Å². The molecule has 0 spiro atoms. The van der Waals surface area contributed by atoms with Crippen LogP contribution in [0.1, 0.15) is 37.3 Å². The van der Waals surface area contributed by atoms with Crippen molar-refractivity contribution in [3.63, 3.8) is 0 Å². The number of aromatic nitrogens is 1. The lowest BCUT2D eigenvalue weighted by atomic mass is 9.97. The molecule has 7 heteroatoms. The molecule has 0 saturated carbocycles. The van der Waals surface area contributed by atoms with Crippen molar-refractivity contribution < 1.29 is 13.2 Å². The summed E-state index contributed by atoms with van der Waals surface area (Å²) < 4.78 is 38.0. The number of aryl methyl sites for hydroxylation is 1. The Morgan fingerprint density at radius 2 is 1.95 bits per heavy atom. The zero-order valence-electron chi connectivity index (χ0n) is 12.6. The summed E-state index contributed by atoms with van der Waals surface area (Å²) in [6, 6.07) is 0.400. The first-order chi connectivity index (χ1) is 9.77. The Balaban J connectivity index is 1.96. The molecule has 0 aliphatic carbocycles. The number of thiazole rings is 1. The molecule has 1 aromatic heterocycles. The van der Waals surface area contributed by atoms with E-state index in [1.807, 2.05) is 11.8 Å². The van der Waals surface area contributed by atoms with Crippen molar-refractivity contribution in [2.45, 2.75) is 52.4 Å². The van der Waals surface area contributed by atoms with Crippen LogP contribution in [0.4, 0.5) is 18.3 Å². The number of halogens is 3. The molecule has 1 aliphatic heterocycles. The van der Waals surface area contributed by atoms with Gasteiger partial charge in [0.2, 0.25) is 0 Å². The van der Waals surface area contributed by atoms with Crippen molar-refractivity contribution in [3.05, 3.63) is 10.6 Å². The van der Waals surface area contributed by atoms with Crippen molar-refractivity contribution in [2.24, 2.45) is 5.92 Å². The molecular formula is C14H22F3N3S. The van der Waals surface area contributed by atoms with Crippen molar-refractivity contribution >= 4 is 16.5 Å². The van der Waals surface area contributed by atoms with Gasteiger partial charge in [0, 0.05) is 30.6 Å². The molecule has 1 aromatic rings. The maximum absolute atomic E-state index is 12.7. The molecule has 1 aliphatic rings. The first-order valence-electron chi connectivity index (χ1n) is 7.28. The van der Waals surface area contributed by atoms with E-state index in [0.29, 0.717) is 19.1 Å². The predicted octanol–water partition coefficient (Wildman–Crippen LogP) is 3.73. The third-order valence-electron chi connectivity index (χ3n) is 3.78. The van der Waals surface area contributed by atoms with E-state index in [0.717, 1.165) is 22.2 Å². The summed E-state index contributed by atoms with van der Waals surface area (Å²) in [5, 5.41) is 4.20. The lowest BCUT2D eigenvalue weighted by Crippen LogP contribution is -2.38. The van der Waals surface area contributed by atoms with E-state index >= 15 is 0 Å². The van der Waals surface area contributed by atoms with E-state index < -0.39 is 12.1 Å². The maximum atomic E-state index is 12.7. The van der Waals surface area contributed by atoms with Crippen molar-refractivity contribution in [1.82, 2.24) is 10.3 Å². The van der Waals surface area contributed by atoms with Gasteiger partial charge < -0.3 is 10.2 Å². The molecule has 0 unspecified atom stereocenters. The second-order valence-corrected chi connectivity index (χ2v) is 6.91. The SMILES string of the molecule is Cc1nc(N2CCC(C(F)(F)F)CC2)sc1CNC(C)C. The van der Waals surface area contributed by atoms with Crippen LogP contribution < -0.4 is 10.2 Å². The Morgan fingerprint density at radius 3 is 2.48 bits per heavy atom. The summed E-state index contributed by atoms with van der Waals surface area (Å²) in [6.07, 6.45) is -3.72. The van der Waals surface area contributed by atoms with Gasteiger partial charge in [0.05, 0.1) is 11.6 Å². The van der Waals surface area contributed by atoms with Gasteiger partial charge in [-0.1, -0.05) is 13.8 Å². The topological polar surface area (TPSA) is 28.2 Å². The Bertz CT molecular complexity index is 463. The summed E-state index contributed by atoms with van der Waals surface area (Å²) in [5.74, 6) is -1.16. The fraction of sp³-hybridized carbons (Fsp3) is 0.786. The summed E-state index contributed by atoms with van der Waals surface area (Å²) in [4.78, 5) is 7.67. The van der Waals surface area contributed by atoms with Gasteiger partial charge >= 0.3 is 6.18 Å². The van der Waals surface area contributed by atoms with Gasteiger partial charge in [-0.25, -0.2) is 4.98 Å². The van der Waals surface area contributed by atoms with Crippen LogP contribution in [0.3, 0.4) is 0 Å². The quantitative estimate of drug-likeness (QED) is 0.916. The molecule has 21 heavy (non-hydrogen) atoms. The van der Waals surface area contributed by atoms with Gasteiger partial charge in [-0.2, -0.15) is 13.2 Å². The second-order valence-electron chi connectivity index (χ2n) is 5.84. The molecule has 2 rings (SSSR count). The lowest BCUT2D eigenvalue weighted by molar-refractivity contribution is -0.179. The van der Waals surface area contributed by atoms with E-state index in [1.165, 1.54) is 0 Å². The first-order valence-corrected chi connectivity index (χ1v) is 8.10. The highest BCUT2D eigenvalue weighted by Crippen LogP contribution is 2.36. The minimum atomic E-state index is -4.06. The molecule has 120 valence electrons. The van der Waals surface area contributed by atoms with E-state index in [4.69, 9.17) is 0 Å². The number of rotatable bonds is 4. The summed E-state index contributed by atoms with van der Waals surface area (Å²) >= 11 is 1.59. The van der Waals surface area contributed by atoms with Crippen LogP contribution >= 0.6 is 11.3 Å². The summed E-state index contributed by atoms with van der Waals surface area (Å²) in [6.45, 7) is 7.76. The fourth-order valence-corrected chi connectivity index (χ4v) is 3.47. The van der Waals surface area contributed by atoms with Crippen molar-refractivity contribution in [3.8, 4) is 0 Å². The van der Waals surface area contributed by atoms with Gasteiger partial charge in [0.1, 0.15) is 0 Å². The average Bonchev–Trinajstić information content (AvgIpc) is 2.77. The van der Waals surface area contributed by atoms with Crippen LogP contribution in [0.5, 0.6) is 0 Å². The molecule has 0 aromatic carbocycles. The molecule has 0 atom stereocenters. The lowest BCUT2D eigenvalue weighted by Gasteiger charge is -2.32. The monoisotopic (exact) mass is 321 g/mol. The molecule has 2 heterocycles. The van der Waals surface area contributed by atoms with Gasteiger partial charge in [-0.05, 0) is 19.8 Å².